The van der Waals surface area contributed by atoms with Crippen molar-refractivity contribution in [3.05, 3.63) is 42.2 Å². The van der Waals surface area contributed by atoms with Gasteiger partial charge in [0.25, 0.3) is 0 Å². The molecule has 0 saturated carbocycles. The zero-order chi connectivity index (χ0) is 13.0. The fourth-order valence-corrected chi connectivity index (χ4v) is 1.83. The van der Waals surface area contributed by atoms with Crippen LogP contribution in [0.3, 0.4) is 0 Å². The molecular formula is C14H15NO3. The van der Waals surface area contributed by atoms with E-state index in [0.717, 1.165) is 28.2 Å². The fraction of sp³-hybridized carbons (Fsp3) is 0.214. The van der Waals surface area contributed by atoms with Crippen LogP contribution in [0, 0.1) is 0 Å². The molecule has 1 aromatic heterocycles. The number of pyridine rings is 1. The third-order valence-electron chi connectivity index (χ3n) is 2.78. The van der Waals surface area contributed by atoms with Gasteiger partial charge in [0.2, 0.25) is 0 Å². The van der Waals surface area contributed by atoms with E-state index in [2.05, 4.69) is 4.98 Å². The van der Waals surface area contributed by atoms with E-state index >= 15 is 0 Å². The van der Waals surface area contributed by atoms with Crippen molar-refractivity contribution in [3.63, 3.8) is 0 Å². The number of nitrogens with zero attached hydrogens (tertiary/aromatic N) is 1. The van der Waals surface area contributed by atoms with Crippen molar-refractivity contribution in [2.75, 3.05) is 14.2 Å². The number of ether oxygens (including phenoxy) is 2. The molecule has 0 fully saturated rings. The molecule has 1 heterocycles. The van der Waals surface area contributed by atoms with E-state index in [-0.39, 0.29) is 6.61 Å². The first-order chi connectivity index (χ1) is 8.80. The third-order valence-corrected chi connectivity index (χ3v) is 2.78. The average Bonchev–Trinajstić information content (AvgIpc) is 2.46. The van der Waals surface area contributed by atoms with E-state index < -0.39 is 0 Å². The predicted molar refractivity (Wildman–Crippen MR) is 68.7 cm³/mol. The maximum atomic E-state index is 9.37. The molecular weight excluding hydrogens is 230 g/mol. The summed E-state index contributed by atoms with van der Waals surface area (Å²) in [7, 11) is 3.22. The van der Waals surface area contributed by atoms with Crippen LogP contribution in [0.25, 0.3) is 11.1 Å². The van der Waals surface area contributed by atoms with E-state index in [1.807, 2.05) is 18.2 Å². The van der Waals surface area contributed by atoms with E-state index in [4.69, 9.17) is 9.47 Å². The van der Waals surface area contributed by atoms with Crippen molar-refractivity contribution >= 4 is 0 Å². The molecule has 2 rings (SSSR count). The van der Waals surface area contributed by atoms with E-state index in [9.17, 15) is 5.11 Å². The van der Waals surface area contributed by atoms with Crippen LogP contribution >= 0.6 is 0 Å². The lowest BCUT2D eigenvalue weighted by Crippen LogP contribution is -1.95. The fourth-order valence-electron chi connectivity index (χ4n) is 1.83. The van der Waals surface area contributed by atoms with Gasteiger partial charge < -0.3 is 14.6 Å². The minimum absolute atomic E-state index is 0.0434. The van der Waals surface area contributed by atoms with E-state index in [1.54, 1.807) is 32.7 Å². The van der Waals surface area contributed by atoms with Gasteiger partial charge >= 0.3 is 0 Å². The highest BCUT2D eigenvalue weighted by Crippen LogP contribution is 2.34. The zero-order valence-corrected chi connectivity index (χ0v) is 10.4. The molecule has 0 aliphatic heterocycles. The summed E-state index contributed by atoms with van der Waals surface area (Å²) in [6, 6.07) is 7.32. The van der Waals surface area contributed by atoms with Crippen LogP contribution in [0.4, 0.5) is 0 Å². The summed E-state index contributed by atoms with van der Waals surface area (Å²) in [5, 5.41) is 9.37. The molecule has 0 aliphatic carbocycles. The SMILES string of the molecule is COc1ccc(OC)c(-c2cnccc2CO)c1. The Balaban J connectivity index is 2.60. The lowest BCUT2D eigenvalue weighted by Gasteiger charge is -2.12. The molecule has 0 radical (unpaired) electrons. The molecule has 4 heteroatoms. The molecule has 0 saturated heterocycles. The number of aliphatic hydroxyl groups is 1. The van der Waals surface area contributed by atoms with Gasteiger partial charge in [0, 0.05) is 23.5 Å². The third kappa shape index (κ3) is 2.28. The number of hydrogen-bond acceptors (Lipinski definition) is 4. The summed E-state index contributed by atoms with van der Waals surface area (Å²) in [4.78, 5) is 4.09. The van der Waals surface area contributed by atoms with Gasteiger partial charge in [0.1, 0.15) is 11.5 Å². The smallest absolute Gasteiger partial charge is 0.127 e. The van der Waals surface area contributed by atoms with Gasteiger partial charge in [0.15, 0.2) is 0 Å². The molecule has 0 spiro atoms. The van der Waals surface area contributed by atoms with Gasteiger partial charge in [-0.05, 0) is 29.8 Å². The number of hydrogen-bond donors (Lipinski definition) is 1. The molecule has 94 valence electrons. The Kier molecular flexibility index (Phi) is 3.79. The number of benzene rings is 1. The minimum Gasteiger partial charge on any atom is -0.497 e. The number of aromatic nitrogens is 1. The summed E-state index contributed by atoms with van der Waals surface area (Å²) < 4.78 is 10.5. The Bertz CT molecular complexity index is 540. The molecule has 2 aromatic rings. The molecule has 1 aromatic carbocycles. The maximum absolute atomic E-state index is 9.37. The van der Waals surface area contributed by atoms with Gasteiger partial charge in [-0.25, -0.2) is 0 Å². The molecule has 18 heavy (non-hydrogen) atoms. The Morgan fingerprint density at radius 3 is 2.61 bits per heavy atom. The Hall–Kier alpha value is -2.07. The first-order valence-corrected chi connectivity index (χ1v) is 5.56. The highest BCUT2D eigenvalue weighted by atomic mass is 16.5. The number of rotatable bonds is 4. The minimum atomic E-state index is -0.0434. The Morgan fingerprint density at radius 1 is 1.11 bits per heavy atom. The van der Waals surface area contributed by atoms with Gasteiger partial charge in [-0.15, -0.1) is 0 Å². The first kappa shape index (κ1) is 12.4. The largest absolute Gasteiger partial charge is 0.497 e. The predicted octanol–water partition coefficient (Wildman–Crippen LogP) is 2.26. The number of methoxy groups -OCH3 is 2. The standard InChI is InChI=1S/C14H15NO3/c1-17-11-3-4-14(18-2)12(7-11)13-8-15-6-5-10(13)9-16/h3-8,16H,9H2,1-2H3. The van der Waals surface area contributed by atoms with Gasteiger partial charge in [-0.2, -0.15) is 0 Å². The maximum Gasteiger partial charge on any atom is 0.127 e. The molecule has 0 unspecified atom stereocenters. The molecule has 0 amide bonds. The summed E-state index contributed by atoms with van der Waals surface area (Å²) in [6.07, 6.45) is 3.37. The Morgan fingerprint density at radius 2 is 1.94 bits per heavy atom. The second kappa shape index (κ2) is 5.51. The highest BCUT2D eigenvalue weighted by Gasteiger charge is 2.11. The van der Waals surface area contributed by atoms with E-state index in [0.29, 0.717) is 0 Å². The van der Waals surface area contributed by atoms with Gasteiger partial charge in [0.05, 0.1) is 20.8 Å². The normalized spacial score (nSPS) is 10.2. The molecule has 0 bridgehead atoms. The molecule has 0 atom stereocenters. The van der Waals surface area contributed by atoms with Crippen LogP contribution < -0.4 is 9.47 Å². The molecule has 4 nitrogen and oxygen atoms in total. The van der Waals surface area contributed by atoms with Crippen LogP contribution in [-0.2, 0) is 6.61 Å². The topological polar surface area (TPSA) is 51.6 Å². The summed E-state index contributed by atoms with van der Waals surface area (Å²) >= 11 is 0. The Labute approximate surface area is 106 Å². The highest BCUT2D eigenvalue weighted by molar-refractivity contribution is 5.74. The van der Waals surface area contributed by atoms with Gasteiger partial charge in [-0.3, -0.25) is 4.98 Å². The molecule has 1 N–H and O–H groups in total. The summed E-state index contributed by atoms with van der Waals surface area (Å²) in [5.74, 6) is 1.46. The monoisotopic (exact) mass is 245 g/mol. The van der Waals surface area contributed by atoms with Crippen LogP contribution in [-0.4, -0.2) is 24.3 Å². The molecule has 0 aliphatic rings. The van der Waals surface area contributed by atoms with E-state index in [1.165, 1.54) is 0 Å². The van der Waals surface area contributed by atoms with Gasteiger partial charge in [-0.1, -0.05) is 0 Å². The van der Waals surface area contributed by atoms with Crippen molar-refractivity contribution in [1.82, 2.24) is 4.98 Å². The summed E-state index contributed by atoms with van der Waals surface area (Å²) in [5.41, 5.74) is 2.50. The van der Waals surface area contributed by atoms with Crippen molar-refractivity contribution in [2.45, 2.75) is 6.61 Å². The second-order valence-electron chi connectivity index (χ2n) is 3.76. The van der Waals surface area contributed by atoms with Crippen LogP contribution in [0.1, 0.15) is 5.56 Å². The lowest BCUT2D eigenvalue weighted by molar-refractivity contribution is 0.282. The van der Waals surface area contributed by atoms with Crippen molar-refractivity contribution in [1.29, 1.82) is 0 Å². The van der Waals surface area contributed by atoms with Crippen molar-refractivity contribution < 1.29 is 14.6 Å². The van der Waals surface area contributed by atoms with Crippen molar-refractivity contribution in [2.24, 2.45) is 0 Å². The van der Waals surface area contributed by atoms with Crippen LogP contribution in [0.15, 0.2) is 36.7 Å². The first-order valence-electron chi connectivity index (χ1n) is 5.56. The lowest BCUT2D eigenvalue weighted by atomic mass is 10.0. The summed E-state index contributed by atoms with van der Waals surface area (Å²) in [6.45, 7) is -0.0434. The number of aliphatic hydroxyl groups excluding tert-OH is 1. The van der Waals surface area contributed by atoms with Crippen molar-refractivity contribution in [3.8, 4) is 22.6 Å². The quantitative estimate of drug-likeness (QED) is 0.897. The zero-order valence-electron chi connectivity index (χ0n) is 10.4. The van der Waals surface area contributed by atoms with Crippen LogP contribution in [0.5, 0.6) is 11.5 Å². The average molecular weight is 245 g/mol. The van der Waals surface area contributed by atoms with Crippen LogP contribution in [0.2, 0.25) is 0 Å². The second-order valence-corrected chi connectivity index (χ2v) is 3.76.